The van der Waals surface area contributed by atoms with E-state index in [2.05, 4.69) is 21.1 Å². The highest BCUT2D eigenvalue weighted by Crippen LogP contribution is 2.28. The van der Waals surface area contributed by atoms with E-state index in [4.69, 9.17) is 0 Å². The standard InChI is InChI=1S/C23H20N4O3S/c1-24-31(29,30)19-6-2-15(3-7-19)12-17-5-9-21(27-11-10-25-22(17)27)16-4-8-20-18(13-16)14-26-23(20)28/h2-11,13,24H,12,14H2,1H3,(H,26,28). The molecule has 0 fully saturated rings. The number of nitrogens with one attached hydrogen (secondary N) is 2. The first-order valence-corrected chi connectivity index (χ1v) is 11.3. The van der Waals surface area contributed by atoms with Gasteiger partial charge in [0.05, 0.1) is 10.6 Å². The Morgan fingerprint density at radius 3 is 2.68 bits per heavy atom. The van der Waals surface area contributed by atoms with Crippen LogP contribution >= 0.6 is 0 Å². The molecule has 0 radical (unpaired) electrons. The molecule has 5 rings (SSSR count). The normalized spacial score (nSPS) is 13.4. The molecule has 31 heavy (non-hydrogen) atoms. The van der Waals surface area contributed by atoms with Crippen molar-refractivity contribution < 1.29 is 13.2 Å². The topological polar surface area (TPSA) is 92.6 Å². The number of carbonyl (C=O) groups excluding carboxylic acids is 1. The molecule has 2 aromatic carbocycles. The van der Waals surface area contributed by atoms with E-state index in [1.54, 1.807) is 18.3 Å². The van der Waals surface area contributed by atoms with Crippen molar-refractivity contribution in [3.8, 4) is 11.3 Å². The number of rotatable bonds is 5. The number of sulfonamides is 1. The highest BCUT2D eigenvalue weighted by atomic mass is 32.2. The van der Waals surface area contributed by atoms with Gasteiger partial charge in [0, 0.05) is 30.9 Å². The van der Waals surface area contributed by atoms with Crippen LogP contribution in [0.2, 0.25) is 0 Å². The Bertz CT molecular complexity index is 1420. The molecule has 1 aliphatic heterocycles. The molecule has 0 unspecified atom stereocenters. The minimum Gasteiger partial charge on any atom is -0.348 e. The molecular formula is C23H20N4O3S. The molecule has 0 bridgehead atoms. The summed E-state index contributed by atoms with van der Waals surface area (Å²) in [5.41, 5.74) is 6.62. The lowest BCUT2D eigenvalue weighted by Crippen LogP contribution is -2.18. The van der Waals surface area contributed by atoms with Crippen LogP contribution in [0.25, 0.3) is 16.9 Å². The summed E-state index contributed by atoms with van der Waals surface area (Å²) in [5, 5.41) is 2.85. The van der Waals surface area contributed by atoms with Gasteiger partial charge in [-0.3, -0.25) is 9.20 Å². The molecule has 2 N–H and O–H groups in total. The van der Waals surface area contributed by atoms with Crippen molar-refractivity contribution in [3.05, 3.63) is 89.2 Å². The van der Waals surface area contributed by atoms with Gasteiger partial charge >= 0.3 is 0 Å². The molecule has 2 aromatic heterocycles. The van der Waals surface area contributed by atoms with Crippen molar-refractivity contribution >= 4 is 21.6 Å². The molecular weight excluding hydrogens is 412 g/mol. The van der Waals surface area contributed by atoms with Gasteiger partial charge in [-0.15, -0.1) is 0 Å². The van der Waals surface area contributed by atoms with Gasteiger partial charge in [0.1, 0.15) is 5.65 Å². The third-order valence-corrected chi connectivity index (χ3v) is 7.04. The summed E-state index contributed by atoms with van der Waals surface area (Å²) >= 11 is 0. The zero-order valence-electron chi connectivity index (χ0n) is 16.8. The van der Waals surface area contributed by atoms with Crippen LogP contribution in [0.5, 0.6) is 0 Å². The number of fused-ring (bicyclic) bond motifs is 2. The fourth-order valence-corrected chi connectivity index (χ4v) is 4.69. The summed E-state index contributed by atoms with van der Waals surface area (Å²) in [6.07, 6.45) is 4.32. The summed E-state index contributed by atoms with van der Waals surface area (Å²) in [4.78, 5) is 16.6. The summed E-state index contributed by atoms with van der Waals surface area (Å²) in [6.45, 7) is 0.548. The molecule has 0 spiro atoms. The lowest BCUT2D eigenvalue weighted by atomic mass is 10.0. The molecule has 0 saturated carbocycles. The van der Waals surface area contributed by atoms with Crippen molar-refractivity contribution in [1.29, 1.82) is 0 Å². The summed E-state index contributed by atoms with van der Waals surface area (Å²) in [5.74, 6) is -0.0294. The number of aromatic nitrogens is 2. The van der Waals surface area contributed by atoms with Crippen molar-refractivity contribution in [3.63, 3.8) is 0 Å². The fraction of sp³-hybridized carbons (Fsp3) is 0.130. The number of hydrogen-bond donors (Lipinski definition) is 2. The Labute approximate surface area is 179 Å². The molecule has 1 amide bonds. The van der Waals surface area contributed by atoms with Gasteiger partial charge in [-0.05, 0) is 59.6 Å². The molecule has 0 saturated heterocycles. The molecule has 1 aliphatic rings. The number of imidazole rings is 1. The maximum absolute atomic E-state index is 11.9. The molecule has 7 nitrogen and oxygen atoms in total. The number of hydrogen-bond acceptors (Lipinski definition) is 4. The van der Waals surface area contributed by atoms with Gasteiger partial charge < -0.3 is 5.32 Å². The maximum atomic E-state index is 11.9. The van der Waals surface area contributed by atoms with Crippen LogP contribution in [0.4, 0.5) is 0 Å². The molecule has 0 aliphatic carbocycles. The van der Waals surface area contributed by atoms with E-state index in [1.165, 1.54) is 7.05 Å². The lowest BCUT2D eigenvalue weighted by Gasteiger charge is -2.11. The average molecular weight is 433 g/mol. The monoisotopic (exact) mass is 432 g/mol. The summed E-state index contributed by atoms with van der Waals surface area (Å²) in [7, 11) is -2.05. The van der Waals surface area contributed by atoms with E-state index >= 15 is 0 Å². The Balaban J connectivity index is 1.49. The van der Waals surface area contributed by atoms with Crippen molar-refractivity contribution in [2.75, 3.05) is 7.05 Å². The fourth-order valence-electron chi connectivity index (χ4n) is 3.96. The Morgan fingerprint density at radius 1 is 1.10 bits per heavy atom. The second-order valence-corrected chi connectivity index (χ2v) is 9.33. The van der Waals surface area contributed by atoms with E-state index in [0.29, 0.717) is 13.0 Å². The second-order valence-electron chi connectivity index (χ2n) is 7.45. The summed E-state index contributed by atoms with van der Waals surface area (Å²) < 4.78 is 28.2. The zero-order chi connectivity index (χ0) is 21.6. The highest BCUT2D eigenvalue weighted by molar-refractivity contribution is 7.89. The Hall–Kier alpha value is -3.49. The quantitative estimate of drug-likeness (QED) is 0.507. The Morgan fingerprint density at radius 2 is 1.90 bits per heavy atom. The predicted molar refractivity (Wildman–Crippen MR) is 117 cm³/mol. The molecule has 0 atom stereocenters. The van der Waals surface area contributed by atoms with Crippen LogP contribution in [0.1, 0.15) is 27.0 Å². The van der Waals surface area contributed by atoms with E-state index in [-0.39, 0.29) is 10.8 Å². The van der Waals surface area contributed by atoms with E-state index in [9.17, 15) is 13.2 Å². The SMILES string of the molecule is CNS(=O)(=O)c1ccc(Cc2ccc(-c3ccc4c(c3)CNC4=O)n3ccnc23)cc1. The molecule has 8 heteroatoms. The van der Waals surface area contributed by atoms with Crippen LogP contribution in [-0.4, -0.2) is 30.8 Å². The largest absolute Gasteiger partial charge is 0.348 e. The van der Waals surface area contributed by atoms with Crippen LogP contribution < -0.4 is 10.0 Å². The molecule has 156 valence electrons. The highest BCUT2D eigenvalue weighted by Gasteiger charge is 2.19. The van der Waals surface area contributed by atoms with Crippen molar-refractivity contribution in [2.45, 2.75) is 17.9 Å². The molecule has 4 aromatic rings. The van der Waals surface area contributed by atoms with E-state index in [1.807, 2.05) is 47.0 Å². The average Bonchev–Trinajstić information content (AvgIpc) is 3.42. The number of benzene rings is 2. The smallest absolute Gasteiger partial charge is 0.251 e. The first kappa shape index (κ1) is 19.5. The van der Waals surface area contributed by atoms with Crippen molar-refractivity contribution in [1.82, 2.24) is 19.4 Å². The van der Waals surface area contributed by atoms with E-state index < -0.39 is 10.0 Å². The number of pyridine rings is 1. The van der Waals surface area contributed by atoms with Crippen LogP contribution in [0.15, 0.2) is 71.9 Å². The number of nitrogens with zero attached hydrogens (tertiary/aromatic N) is 2. The maximum Gasteiger partial charge on any atom is 0.251 e. The predicted octanol–water partition coefficient (Wildman–Crippen LogP) is 2.74. The van der Waals surface area contributed by atoms with Crippen LogP contribution in [0, 0.1) is 0 Å². The summed E-state index contributed by atoms with van der Waals surface area (Å²) in [6, 6.07) is 16.8. The first-order chi connectivity index (χ1) is 15.0. The minimum absolute atomic E-state index is 0.0294. The van der Waals surface area contributed by atoms with Crippen LogP contribution in [-0.2, 0) is 23.0 Å². The zero-order valence-corrected chi connectivity index (χ0v) is 17.6. The van der Waals surface area contributed by atoms with Gasteiger partial charge in [0.2, 0.25) is 10.0 Å². The van der Waals surface area contributed by atoms with Crippen molar-refractivity contribution in [2.24, 2.45) is 0 Å². The number of amides is 1. The number of carbonyl (C=O) groups is 1. The van der Waals surface area contributed by atoms with Gasteiger partial charge in [-0.2, -0.15) is 0 Å². The second kappa shape index (κ2) is 7.33. The first-order valence-electron chi connectivity index (χ1n) is 9.85. The third kappa shape index (κ3) is 3.39. The molecule has 3 heterocycles. The van der Waals surface area contributed by atoms with Gasteiger partial charge in [-0.25, -0.2) is 18.1 Å². The minimum atomic E-state index is -3.45. The van der Waals surface area contributed by atoms with Crippen LogP contribution in [0.3, 0.4) is 0 Å². The van der Waals surface area contributed by atoms with Gasteiger partial charge in [0.25, 0.3) is 5.91 Å². The van der Waals surface area contributed by atoms with Gasteiger partial charge in [0.15, 0.2) is 0 Å². The Kier molecular flexibility index (Phi) is 4.60. The lowest BCUT2D eigenvalue weighted by molar-refractivity contribution is 0.0965. The van der Waals surface area contributed by atoms with Gasteiger partial charge in [-0.1, -0.05) is 24.3 Å². The third-order valence-electron chi connectivity index (χ3n) is 5.61. The van der Waals surface area contributed by atoms with E-state index in [0.717, 1.165) is 39.2 Å².